The molecule has 2 amide bonds. The van der Waals surface area contributed by atoms with Gasteiger partial charge in [-0.25, -0.2) is 0 Å². The van der Waals surface area contributed by atoms with Crippen molar-refractivity contribution < 1.29 is 9.59 Å². The van der Waals surface area contributed by atoms with E-state index >= 15 is 0 Å². The van der Waals surface area contributed by atoms with Crippen LogP contribution in [0, 0.1) is 0 Å². The molecule has 21 heavy (non-hydrogen) atoms. The zero-order valence-electron chi connectivity index (χ0n) is 13.2. The first-order valence-corrected chi connectivity index (χ1v) is 7.21. The van der Waals surface area contributed by atoms with Gasteiger partial charge in [0.15, 0.2) is 0 Å². The highest BCUT2D eigenvalue weighted by atomic mass is 16.2. The molecule has 5 nitrogen and oxygen atoms in total. The molecule has 0 aliphatic rings. The Bertz CT molecular complexity index is 506. The molecule has 1 unspecified atom stereocenters. The number of hydrogen-bond donors (Lipinski definition) is 3. The molecule has 0 saturated heterocycles. The average Bonchev–Trinajstić information content (AvgIpc) is 2.36. The zero-order chi connectivity index (χ0) is 16.0. The Balaban J connectivity index is 2.84. The summed E-state index contributed by atoms with van der Waals surface area (Å²) in [5.41, 5.74) is 6.21. The van der Waals surface area contributed by atoms with Crippen molar-refractivity contribution in [3.05, 3.63) is 29.8 Å². The van der Waals surface area contributed by atoms with E-state index in [1.807, 2.05) is 13.8 Å². The zero-order valence-corrected chi connectivity index (χ0v) is 13.2. The molecular weight excluding hydrogens is 266 g/mol. The summed E-state index contributed by atoms with van der Waals surface area (Å²) in [6.07, 6.45) is 1.04. The van der Waals surface area contributed by atoms with Crippen LogP contribution in [0.25, 0.3) is 0 Å². The highest BCUT2D eigenvalue weighted by Crippen LogP contribution is 2.16. The van der Waals surface area contributed by atoms with Crippen LogP contribution in [-0.2, 0) is 4.79 Å². The minimum atomic E-state index is -0.585. The van der Waals surface area contributed by atoms with Crippen molar-refractivity contribution in [1.29, 1.82) is 0 Å². The van der Waals surface area contributed by atoms with Gasteiger partial charge in [-0.05, 0) is 39.3 Å². The molecular formula is C16H25N3O2. The van der Waals surface area contributed by atoms with Gasteiger partial charge in [0, 0.05) is 18.0 Å². The van der Waals surface area contributed by atoms with Crippen molar-refractivity contribution in [2.75, 3.05) is 5.32 Å². The lowest BCUT2D eigenvalue weighted by Gasteiger charge is -2.19. The maximum atomic E-state index is 12.2. The van der Waals surface area contributed by atoms with Gasteiger partial charge in [0.2, 0.25) is 5.91 Å². The minimum Gasteiger partial charge on any atom is -0.350 e. The quantitative estimate of drug-likeness (QED) is 0.751. The molecule has 0 spiro atoms. The van der Waals surface area contributed by atoms with E-state index < -0.39 is 5.54 Å². The smallest absolute Gasteiger partial charge is 0.253 e. The fourth-order valence-corrected chi connectivity index (χ4v) is 1.80. The second kappa shape index (κ2) is 7.22. The maximum Gasteiger partial charge on any atom is 0.253 e. The lowest BCUT2D eigenvalue weighted by atomic mass is 10.0. The van der Waals surface area contributed by atoms with Crippen molar-refractivity contribution in [3.8, 4) is 0 Å². The Morgan fingerprint density at radius 2 is 1.90 bits per heavy atom. The topological polar surface area (TPSA) is 84.2 Å². The van der Waals surface area contributed by atoms with E-state index in [-0.39, 0.29) is 24.3 Å². The van der Waals surface area contributed by atoms with Gasteiger partial charge in [0.25, 0.3) is 5.91 Å². The molecule has 1 aromatic rings. The molecule has 0 fully saturated rings. The number of rotatable bonds is 6. The highest BCUT2D eigenvalue weighted by Gasteiger charge is 2.19. The Hall–Kier alpha value is -1.88. The summed E-state index contributed by atoms with van der Waals surface area (Å²) in [4.78, 5) is 24.2. The lowest BCUT2D eigenvalue weighted by Crippen LogP contribution is -2.37. The predicted octanol–water partition coefficient (Wildman–Crippen LogP) is 2.28. The Morgan fingerprint density at radius 1 is 1.29 bits per heavy atom. The van der Waals surface area contributed by atoms with E-state index in [9.17, 15) is 9.59 Å². The third-order valence-electron chi connectivity index (χ3n) is 3.05. The number of carbonyl (C=O) groups is 2. The molecule has 1 atom stereocenters. The van der Waals surface area contributed by atoms with Crippen molar-refractivity contribution in [1.82, 2.24) is 5.32 Å². The number of amides is 2. The molecule has 116 valence electrons. The Morgan fingerprint density at radius 3 is 2.48 bits per heavy atom. The van der Waals surface area contributed by atoms with Gasteiger partial charge in [-0.2, -0.15) is 0 Å². The van der Waals surface area contributed by atoms with Crippen LogP contribution >= 0.6 is 0 Å². The number of para-hydroxylation sites is 1. The van der Waals surface area contributed by atoms with Crippen molar-refractivity contribution in [2.24, 2.45) is 5.73 Å². The van der Waals surface area contributed by atoms with E-state index in [1.54, 1.807) is 38.1 Å². The molecule has 0 heterocycles. The summed E-state index contributed by atoms with van der Waals surface area (Å²) >= 11 is 0. The number of nitrogens with two attached hydrogens (primary N) is 1. The molecule has 0 aromatic heterocycles. The van der Waals surface area contributed by atoms with E-state index in [2.05, 4.69) is 10.6 Å². The van der Waals surface area contributed by atoms with E-state index in [0.717, 1.165) is 6.42 Å². The number of nitrogens with one attached hydrogen (secondary N) is 2. The van der Waals surface area contributed by atoms with Crippen LogP contribution in [0.3, 0.4) is 0 Å². The molecule has 0 saturated carbocycles. The standard InChI is InChI=1S/C16H25N3O2/c1-5-11(2)18-15(21)12-8-6-7-9-13(12)19-14(20)10-16(3,4)17/h6-9,11H,5,10,17H2,1-4H3,(H,18,21)(H,19,20). The van der Waals surface area contributed by atoms with Gasteiger partial charge in [0.05, 0.1) is 11.3 Å². The molecule has 5 heteroatoms. The first-order valence-electron chi connectivity index (χ1n) is 7.21. The van der Waals surface area contributed by atoms with Crippen molar-refractivity contribution in [3.63, 3.8) is 0 Å². The van der Waals surface area contributed by atoms with Crippen LogP contribution in [0.1, 0.15) is 50.9 Å². The van der Waals surface area contributed by atoms with Crippen molar-refractivity contribution in [2.45, 2.75) is 52.1 Å². The highest BCUT2D eigenvalue weighted by molar-refractivity contribution is 6.03. The summed E-state index contributed by atoms with van der Waals surface area (Å²) in [6.45, 7) is 7.51. The molecule has 0 aliphatic carbocycles. The number of anilines is 1. The first kappa shape index (κ1) is 17.2. The van der Waals surface area contributed by atoms with Crippen LogP contribution in [-0.4, -0.2) is 23.4 Å². The van der Waals surface area contributed by atoms with Crippen molar-refractivity contribution >= 4 is 17.5 Å². The summed E-state index contributed by atoms with van der Waals surface area (Å²) in [5, 5.41) is 5.65. The van der Waals surface area contributed by atoms with E-state index in [1.165, 1.54) is 0 Å². The van der Waals surface area contributed by atoms with Crippen LogP contribution in [0.2, 0.25) is 0 Å². The second-order valence-electron chi connectivity index (χ2n) is 6.04. The molecule has 0 aliphatic heterocycles. The predicted molar refractivity (Wildman–Crippen MR) is 85.2 cm³/mol. The summed E-state index contributed by atoms with van der Waals surface area (Å²) in [5.74, 6) is -0.390. The Labute approximate surface area is 126 Å². The van der Waals surface area contributed by atoms with E-state index in [0.29, 0.717) is 11.3 Å². The number of carbonyl (C=O) groups excluding carboxylic acids is 2. The van der Waals surface area contributed by atoms with Crippen LogP contribution in [0.4, 0.5) is 5.69 Å². The molecule has 1 aromatic carbocycles. The summed E-state index contributed by atoms with van der Waals surface area (Å²) in [6, 6.07) is 7.05. The SMILES string of the molecule is CCC(C)NC(=O)c1ccccc1NC(=O)CC(C)(C)N. The molecule has 4 N–H and O–H groups in total. The van der Waals surface area contributed by atoms with Gasteiger partial charge < -0.3 is 16.4 Å². The third kappa shape index (κ3) is 5.95. The van der Waals surface area contributed by atoms with E-state index in [4.69, 9.17) is 5.73 Å². The second-order valence-corrected chi connectivity index (χ2v) is 6.04. The Kier molecular flexibility index (Phi) is 5.90. The van der Waals surface area contributed by atoms with Gasteiger partial charge in [-0.3, -0.25) is 9.59 Å². The molecule has 1 rings (SSSR count). The summed E-state index contributed by atoms with van der Waals surface area (Å²) < 4.78 is 0. The van der Waals surface area contributed by atoms with Gasteiger partial charge in [-0.1, -0.05) is 19.1 Å². The minimum absolute atomic E-state index is 0.0873. The van der Waals surface area contributed by atoms with Gasteiger partial charge >= 0.3 is 0 Å². The number of benzene rings is 1. The van der Waals surface area contributed by atoms with Crippen LogP contribution < -0.4 is 16.4 Å². The number of hydrogen-bond acceptors (Lipinski definition) is 3. The molecule has 0 bridgehead atoms. The first-order chi connectivity index (χ1) is 9.73. The lowest BCUT2D eigenvalue weighted by molar-refractivity contribution is -0.117. The van der Waals surface area contributed by atoms with Gasteiger partial charge in [-0.15, -0.1) is 0 Å². The average molecular weight is 291 g/mol. The third-order valence-corrected chi connectivity index (χ3v) is 3.05. The summed E-state index contributed by atoms with van der Waals surface area (Å²) in [7, 11) is 0. The van der Waals surface area contributed by atoms with Crippen LogP contribution in [0.15, 0.2) is 24.3 Å². The maximum absolute atomic E-state index is 12.2. The molecule has 0 radical (unpaired) electrons. The fraction of sp³-hybridized carbons (Fsp3) is 0.500. The normalized spacial score (nSPS) is 12.6. The largest absolute Gasteiger partial charge is 0.350 e. The fourth-order valence-electron chi connectivity index (χ4n) is 1.80. The monoisotopic (exact) mass is 291 g/mol. The van der Waals surface area contributed by atoms with Crippen LogP contribution in [0.5, 0.6) is 0 Å². The van der Waals surface area contributed by atoms with Gasteiger partial charge in [0.1, 0.15) is 0 Å².